The molecule has 2 aliphatic rings. The molecule has 4 rings (SSSR count). The van der Waals surface area contributed by atoms with Crippen LogP contribution in [0.1, 0.15) is 18.5 Å². The van der Waals surface area contributed by atoms with E-state index in [0.29, 0.717) is 11.4 Å². The molecular weight excluding hydrogens is 404 g/mol. The number of carboxylic acid groups (broad SMARTS) is 1. The minimum absolute atomic E-state index is 0.184. The molecule has 0 radical (unpaired) electrons. The molecule has 9 heteroatoms. The second kappa shape index (κ2) is 7.28. The van der Waals surface area contributed by atoms with Gasteiger partial charge in [0.05, 0.1) is 31.7 Å². The Morgan fingerprint density at radius 3 is 2.32 bits per heavy atom. The third kappa shape index (κ3) is 2.92. The topological polar surface area (TPSA) is 125 Å². The molecule has 2 amide bonds. The number of rotatable bonds is 5. The predicted molar refractivity (Wildman–Crippen MR) is 109 cm³/mol. The highest BCUT2D eigenvalue weighted by Crippen LogP contribution is 2.51. The van der Waals surface area contributed by atoms with Crippen LogP contribution in [-0.2, 0) is 14.4 Å². The third-order valence-electron chi connectivity index (χ3n) is 6.15. The van der Waals surface area contributed by atoms with Gasteiger partial charge in [0.25, 0.3) is 0 Å². The summed E-state index contributed by atoms with van der Waals surface area (Å²) in [6, 6.07) is 10.2. The van der Waals surface area contributed by atoms with Crippen molar-refractivity contribution in [3.8, 4) is 17.2 Å². The number of nitrogens with zero attached hydrogens (tertiary/aromatic N) is 1. The molecular formula is C22H22N2O7. The molecule has 2 aromatic rings. The average Bonchev–Trinajstić information content (AvgIpc) is 3.22. The summed E-state index contributed by atoms with van der Waals surface area (Å²) in [5.74, 6) is -4.05. The van der Waals surface area contributed by atoms with E-state index in [-0.39, 0.29) is 17.1 Å². The first-order chi connectivity index (χ1) is 14.7. The van der Waals surface area contributed by atoms with Crippen molar-refractivity contribution in [2.24, 2.45) is 11.8 Å². The monoisotopic (exact) mass is 426 g/mol. The van der Waals surface area contributed by atoms with Crippen LogP contribution >= 0.6 is 0 Å². The molecule has 2 aliphatic heterocycles. The number of imide groups is 1. The summed E-state index contributed by atoms with van der Waals surface area (Å²) in [6.45, 7) is 1.38. The van der Waals surface area contributed by atoms with Gasteiger partial charge in [0, 0.05) is 11.6 Å². The van der Waals surface area contributed by atoms with Gasteiger partial charge in [0.1, 0.15) is 11.3 Å². The number of aliphatic carboxylic acids is 1. The van der Waals surface area contributed by atoms with Crippen LogP contribution in [0.25, 0.3) is 0 Å². The van der Waals surface area contributed by atoms with Crippen molar-refractivity contribution in [2.75, 3.05) is 19.1 Å². The van der Waals surface area contributed by atoms with Crippen LogP contribution in [0, 0.1) is 11.8 Å². The van der Waals surface area contributed by atoms with Crippen molar-refractivity contribution in [1.29, 1.82) is 0 Å². The maximum atomic E-state index is 13.4. The SMILES string of the molecule is COc1ccc(N2C(=O)[C@@H]3[C@H](c4cccc(OC)c4O)N[C@](C)(C(=O)O)[C@H]3C2=O)cc1. The molecule has 0 aromatic heterocycles. The highest BCUT2D eigenvalue weighted by atomic mass is 16.5. The van der Waals surface area contributed by atoms with Crippen molar-refractivity contribution < 1.29 is 34.1 Å². The molecule has 3 N–H and O–H groups in total. The molecule has 162 valence electrons. The number of carboxylic acids is 1. The number of hydrogen-bond donors (Lipinski definition) is 3. The Kier molecular flexibility index (Phi) is 4.85. The van der Waals surface area contributed by atoms with E-state index in [1.54, 1.807) is 42.5 Å². The van der Waals surface area contributed by atoms with Gasteiger partial charge in [-0.3, -0.25) is 19.7 Å². The van der Waals surface area contributed by atoms with Crippen molar-refractivity contribution in [3.63, 3.8) is 0 Å². The van der Waals surface area contributed by atoms with E-state index in [1.165, 1.54) is 21.1 Å². The van der Waals surface area contributed by atoms with E-state index >= 15 is 0 Å². The standard InChI is InChI=1S/C22H22N2O7/c1-22(21(28)29)16-15(17(23-22)13-5-4-6-14(31-3)18(13)25)19(26)24(20(16)27)11-7-9-12(30-2)10-8-11/h4-10,15-17,23,25H,1-3H3,(H,28,29)/t15-,16+,17-,22-/m0/s1. The number of benzene rings is 2. The van der Waals surface area contributed by atoms with Crippen LogP contribution in [-0.4, -0.2) is 47.8 Å². The molecule has 31 heavy (non-hydrogen) atoms. The van der Waals surface area contributed by atoms with Gasteiger partial charge in [-0.1, -0.05) is 12.1 Å². The Bertz CT molecular complexity index is 1070. The molecule has 2 aromatic carbocycles. The Morgan fingerprint density at radius 2 is 1.74 bits per heavy atom. The summed E-state index contributed by atoms with van der Waals surface area (Å²) in [7, 11) is 2.89. The maximum Gasteiger partial charge on any atom is 0.324 e. The largest absolute Gasteiger partial charge is 0.504 e. The lowest BCUT2D eigenvalue weighted by atomic mass is 9.80. The van der Waals surface area contributed by atoms with Gasteiger partial charge in [0.2, 0.25) is 11.8 Å². The van der Waals surface area contributed by atoms with Crippen LogP contribution < -0.4 is 19.7 Å². The molecule has 0 saturated carbocycles. The Labute approximate surface area is 178 Å². The second-order valence-electron chi connectivity index (χ2n) is 7.74. The molecule has 2 heterocycles. The summed E-state index contributed by atoms with van der Waals surface area (Å²) in [5, 5.41) is 23.5. The number of ether oxygens (including phenoxy) is 2. The number of fused-ring (bicyclic) bond motifs is 1. The van der Waals surface area contributed by atoms with Crippen molar-refractivity contribution in [2.45, 2.75) is 18.5 Å². The van der Waals surface area contributed by atoms with Crippen LogP contribution in [0.2, 0.25) is 0 Å². The minimum atomic E-state index is -1.71. The van der Waals surface area contributed by atoms with Crippen LogP contribution in [0.4, 0.5) is 5.69 Å². The Hall–Kier alpha value is -3.59. The summed E-state index contributed by atoms with van der Waals surface area (Å²) in [4.78, 5) is 40.0. The van der Waals surface area contributed by atoms with Crippen LogP contribution in [0.15, 0.2) is 42.5 Å². The Morgan fingerprint density at radius 1 is 1.06 bits per heavy atom. The van der Waals surface area contributed by atoms with E-state index in [2.05, 4.69) is 5.32 Å². The molecule has 0 aliphatic carbocycles. The van der Waals surface area contributed by atoms with E-state index in [0.717, 1.165) is 4.90 Å². The number of nitrogens with one attached hydrogen (secondary N) is 1. The normalized spacial score (nSPS) is 27.3. The van der Waals surface area contributed by atoms with Gasteiger partial charge in [0.15, 0.2) is 11.5 Å². The summed E-state index contributed by atoms with van der Waals surface area (Å²) >= 11 is 0. The number of carbonyl (C=O) groups is 3. The smallest absolute Gasteiger partial charge is 0.324 e. The number of hydrogen-bond acceptors (Lipinski definition) is 7. The fraction of sp³-hybridized carbons (Fsp3) is 0.318. The van der Waals surface area contributed by atoms with E-state index < -0.39 is 41.2 Å². The number of amides is 2. The number of carbonyl (C=O) groups excluding carboxylic acids is 2. The quantitative estimate of drug-likeness (QED) is 0.617. The number of para-hydroxylation sites is 1. The van der Waals surface area contributed by atoms with E-state index in [1.807, 2.05) is 0 Å². The molecule has 0 unspecified atom stereocenters. The van der Waals surface area contributed by atoms with E-state index in [4.69, 9.17) is 9.47 Å². The van der Waals surface area contributed by atoms with Crippen molar-refractivity contribution >= 4 is 23.5 Å². The van der Waals surface area contributed by atoms with E-state index in [9.17, 15) is 24.6 Å². The Balaban J connectivity index is 1.82. The minimum Gasteiger partial charge on any atom is -0.504 e. The van der Waals surface area contributed by atoms with Crippen molar-refractivity contribution in [3.05, 3.63) is 48.0 Å². The van der Waals surface area contributed by atoms with Gasteiger partial charge in [-0.25, -0.2) is 4.90 Å². The zero-order valence-corrected chi connectivity index (χ0v) is 17.2. The zero-order valence-electron chi connectivity index (χ0n) is 17.2. The van der Waals surface area contributed by atoms with Gasteiger partial charge in [-0.15, -0.1) is 0 Å². The lowest BCUT2D eigenvalue weighted by Gasteiger charge is -2.27. The second-order valence-corrected chi connectivity index (χ2v) is 7.74. The van der Waals surface area contributed by atoms with Crippen LogP contribution in [0.5, 0.6) is 17.2 Å². The van der Waals surface area contributed by atoms with Gasteiger partial charge < -0.3 is 19.7 Å². The molecule has 0 spiro atoms. The maximum absolute atomic E-state index is 13.4. The fourth-order valence-corrected chi connectivity index (χ4v) is 4.54. The molecule has 2 saturated heterocycles. The predicted octanol–water partition coefficient (Wildman–Crippen LogP) is 1.70. The summed E-state index contributed by atoms with van der Waals surface area (Å²) in [6.07, 6.45) is 0. The lowest BCUT2D eigenvalue weighted by molar-refractivity contribution is -0.147. The zero-order chi connectivity index (χ0) is 22.5. The molecule has 2 fully saturated rings. The number of aromatic hydroxyl groups is 1. The fourth-order valence-electron chi connectivity index (χ4n) is 4.54. The molecule has 9 nitrogen and oxygen atoms in total. The van der Waals surface area contributed by atoms with Gasteiger partial charge in [-0.05, 0) is 37.3 Å². The number of phenolic OH excluding ortho intramolecular Hbond substituents is 1. The van der Waals surface area contributed by atoms with Gasteiger partial charge >= 0.3 is 5.97 Å². The third-order valence-corrected chi connectivity index (χ3v) is 6.15. The summed E-state index contributed by atoms with van der Waals surface area (Å²) < 4.78 is 10.3. The van der Waals surface area contributed by atoms with Gasteiger partial charge in [-0.2, -0.15) is 0 Å². The number of methoxy groups -OCH3 is 2. The van der Waals surface area contributed by atoms with Crippen LogP contribution in [0.3, 0.4) is 0 Å². The number of anilines is 1. The first kappa shape index (κ1) is 20.7. The first-order valence-corrected chi connectivity index (χ1v) is 9.63. The molecule has 4 atom stereocenters. The number of phenols is 1. The first-order valence-electron chi connectivity index (χ1n) is 9.63. The highest BCUT2D eigenvalue weighted by molar-refractivity contribution is 6.24. The highest BCUT2D eigenvalue weighted by Gasteiger charge is 2.67. The summed E-state index contributed by atoms with van der Waals surface area (Å²) in [5.41, 5.74) is -1.10. The lowest BCUT2D eigenvalue weighted by Crippen LogP contribution is -2.53. The molecule has 0 bridgehead atoms. The van der Waals surface area contributed by atoms with Crippen molar-refractivity contribution in [1.82, 2.24) is 5.32 Å². The average molecular weight is 426 g/mol.